The van der Waals surface area contributed by atoms with Crippen molar-refractivity contribution in [1.29, 1.82) is 0 Å². The Morgan fingerprint density at radius 3 is 2.79 bits per heavy atom. The number of rotatable bonds is 2. The molecule has 4 nitrogen and oxygen atoms in total. The molecule has 80 valence electrons. The maximum Gasteiger partial charge on any atom is 0.236 e. The summed E-state index contributed by atoms with van der Waals surface area (Å²) < 4.78 is 0. The summed E-state index contributed by atoms with van der Waals surface area (Å²) >= 11 is 0. The number of piperazine rings is 1. The van der Waals surface area contributed by atoms with Gasteiger partial charge < -0.3 is 10.2 Å². The van der Waals surface area contributed by atoms with Crippen molar-refractivity contribution in [3.8, 4) is 0 Å². The van der Waals surface area contributed by atoms with Crippen LogP contribution in [0.2, 0.25) is 0 Å². The highest BCUT2D eigenvalue weighted by Crippen LogP contribution is 2.07. The van der Waals surface area contributed by atoms with E-state index in [1.165, 1.54) is 6.42 Å². The van der Waals surface area contributed by atoms with E-state index in [1.54, 1.807) is 0 Å². The van der Waals surface area contributed by atoms with E-state index in [4.69, 9.17) is 0 Å². The van der Waals surface area contributed by atoms with E-state index in [0.29, 0.717) is 18.5 Å². The highest BCUT2D eigenvalue weighted by atomic mass is 16.2. The average Bonchev–Trinajstić information content (AvgIpc) is 1.99. The van der Waals surface area contributed by atoms with Crippen LogP contribution >= 0.6 is 0 Å². The minimum absolute atomic E-state index is 0.311. The standard InChI is InChI=1S/C10H19N3O/c1-9-7-12(6-3-11-9)8-10(14)13-4-2-5-13/h9,11H,2-8H2,1H3. The van der Waals surface area contributed by atoms with Crippen molar-refractivity contribution in [3.63, 3.8) is 0 Å². The van der Waals surface area contributed by atoms with Gasteiger partial charge in [-0.05, 0) is 13.3 Å². The summed E-state index contributed by atoms with van der Waals surface area (Å²) in [5, 5.41) is 3.38. The van der Waals surface area contributed by atoms with Gasteiger partial charge in [0.1, 0.15) is 0 Å². The number of carbonyl (C=O) groups excluding carboxylic acids is 1. The van der Waals surface area contributed by atoms with E-state index >= 15 is 0 Å². The third-order valence-corrected chi connectivity index (χ3v) is 3.02. The van der Waals surface area contributed by atoms with Crippen LogP contribution in [0, 0.1) is 0 Å². The molecule has 4 heteroatoms. The summed E-state index contributed by atoms with van der Waals surface area (Å²) in [7, 11) is 0. The number of carbonyl (C=O) groups is 1. The number of amides is 1. The lowest BCUT2D eigenvalue weighted by atomic mass is 10.2. The lowest BCUT2D eigenvalue weighted by molar-refractivity contribution is -0.136. The largest absolute Gasteiger partial charge is 0.341 e. The molecule has 14 heavy (non-hydrogen) atoms. The smallest absolute Gasteiger partial charge is 0.236 e. The molecule has 0 saturated carbocycles. The number of likely N-dealkylation sites (tertiary alicyclic amines) is 1. The van der Waals surface area contributed by atoms with Gasteiger partial charge in [0.25, 0.3) is 0 Å². The Balaban J connectivity index is 1.75. The second kappa shape index (κ2) is 4.28. The molecule has 0 aromatic rings. The topological polar surface area (TPSA) is 35.6 Å². The molecular weight excluding hydrogens is 178 g/mol. The summed E-state index contributed by atoms with van der Waals surface area (Å²) in [4.78, 5) is 15.9. The van der Waals surface area contributed by atoms with Crippen LogP contribution in [0.25, 0.3) is 0 Å². The molecule has 2 rings (SSSR count). The van der Waals surface area contributed by atoms with Gasteiger partial charge in [-0.3, -0.25) is 9.69 Å². The van der Waals surface area contributed by atoms with Crippen LogP contribution in [0.3, 0.4) is 0 Å². The monoisotopic (exact) mass is 197 g/mol. The molecule has 2 saturated heterocycles. The predicted molar refractivity (Wildman–Crippen MR) is 55.1 cm³/mol. The van der Waals surface area contributed by atoms with Gasteiger partial charge in [-0.25, -0.2) is 0 Å². The molecule has 2 fully saturated rings. The van der Waals surface area contributed by atoms with Gasteiger partial charge in [-0.15, -0.1) is 0 Å². The van der Waals surface area contributed by atoms with E-state index in [9.17, 15) is 4.79 Å². The first-order valence-corrected chi connectivity index (χ1v) is 5.49. The first-order chi connectivity index (χ1) is 6.75. The zero-order chi connectivity index (χ0) is 9.97. The minimum atomic E-state index is 0.311. The van der Waals surface area contributed by atoms with Crippen molar-refractivity contribution in [2.75, 3.05) is 39.3 Å². The van der Waals surface area contributed by atoms with Gasteiger partial charge in [0.2, 0.25) is 5.91 Å². The molecule has 0 aromatic heterocycles. The van der Waals surface area contributed by atoms with Crippen LogP contribution in [0.4, 0.5) is 0 Å². The second-order valence-corrected chi connectivity index (χ2v) is 4.32. The van der Waals surface area contributed by atoms with Gasteiger partial charge in [0.05, 0.1) is 6.54 Å². The third-order valence-electron chi connectivity index (χ3n) is 3.02. The van der Waals surface area contributed by atoms with Crippen molar-refractivity contribution in [2.45, 2.75) is 19.4 Å². The molecule has 2 aliphatic rings. The van der Waals surface area contributed by atoms with Crippen LogP contribution in [0.15, 0.2) is 0 Å². The number of nitrogens with zero attached hydrogens (tertiary/aromatic N) is 2. The molecule has 1 amide bonds. The quantitative estimate of drug-likeness (QED) is 0.649. The summed E-state index contributed by atoms with van der Waals surface area (Å²) in [6.45, 7) is 7.74. The fourth-order valence-corrected chi connectivity index (χ4v) is 2.01. The molecular formula is C10H19N3O. The molecule has 2 heterocycles. The van der Waals surface area contributed by atoms with E-state index in [0.717, 1.165) is 32.7 Å². The van der Waals surface area contributed by atoms with Gasteiger partial charge in [0.15, 0.2) is 0 Å². The first kappa shape index (κ1) is 9.93. The lowest BCUT2D eigenvalue weighted by Gasteiger charge is -2.36. The molecule has 1 N–H and O–H groups in total. The van der Waals surface area contributed by atoms with Gasteiger partial charge in [0, 0.05) is 38.8 Å². The average molecular weight is 197 g/mol. The normalized spacial score (nSPS) is 28.6. The first-order valence-electron chi connectivity index (χ1n) is 5.49. The number of hydrogen-bond acceptors (Lipinski definition) is 3. The molecule has 0 radical (unpaired) electrons. The van der Waals surface area contributed by atoms with Crippen LogP contribution in [0.1, 0.15) is 13.3 Å². The summed E-state index contributed by atoms with van der Waals surface area (Å²) in [5.41, 5.74) is 0. The number of nitrogens with one attached hydrogen (secondary N) is 1. The highest BCUT2D eigenvalue weighted by Gasteiger charge is 2.24. The van der Waals surface area contributed by atoms with Crippen LogP contribution < -0.4 is 5.32 Å². The molecule has 0 spiro atoms. The van der Waals surface area contributed by atoms with E-state index < -0.39 is 0 Å². The zero-order valence-electron chi connectivity index (χ0n) is 8.83. The SMILES string of the molecule is CC1CN(CC(=O)N2CCC2)CCN1. The van der Waals surface area contributed by atoms with Crippen molar-refractivity contribution in [3.05, 3.63) is 0 Å². The Kier molecular flexibility index (Phi) is 3.03. The van der Waals surface area contributed by atoms with Gasteiger partial charge in [-0.1, -0.05) is 0 Å². The lowest BCUT2D eigenvalue weighted by Crippen LogP contribution is -2.53. The molecule has 0 aromatic carbocycles. The fourth-order valence-electron chi connectivity index (χ4n) is 2.01. The van der Waals surface area contributed by atoms with Crippen molar-refractivity contribution >= 4 is 5.91 Å². The molecule has 1 atom stereocenters. The van der Waals surface area contributed by atoms with E-state index in [2.05, 4.69) is 17.1 Å². The second-order valence-electron chi connectivity index (χ2n) is 4.32. The Labute approximate surface area is 85.2 Å². The fraction of sp³-hybridized carbons (Fsp3) is 0.900. The molecule has 1 unspecified atom stereocenters. The number of hydrogen-bond donors (Lipinski definition) is 1. The van der Waals surface area contributed by atoms with E-state index in [-0.39, 0.29) is 0 Å². The highest BCUT2D eigenvalue weighted by molar-refractivity contribution is 5.78. The Morgan fingerprint density at radius 2 is 2.21 bits per heavy atom. The third kappa shape index (κ3) is 2.25. The van der Waals surface area contributed by atoms with Crippen molar-refractivity contribution < 1.29 is 4.79 Å². The maximum absolute atomic E-state index is 11.7. The summed E-state index contributed by atoms with van der Waals surface area (Å²) in [6, 6.07) is 0.521. The predicted octanol–water partition coefficient (Wildman–Crippen LogP) is -0.488. The molecule has 0 aliphatic carbocycles. The minimum Gasteiger partial charge on any atom is -0.341 e. The maximum atomic E-state index is 11.7. The van der Waals surface area contributed by atoms with E-state index in [1.807, 2.05) is 4.90 Å². The molecule has 0 bridgehead atoms. The molecule has 2 aliphatic heterocycles. The van der Waals surface area contributed by atoms with Gasteiger partial charge in [-0.2, -0.15) is 0 Å². The Hall–Kier alpha value is -0.610. The Bertz CT molecular complexity index is 215. The van der Waals surface area contributed by atoms with Gasteiger partial charge >= 0.3 is 0 Å². The summed E-state index contributed by atoms with van der Waals surface area (Å²) in [5.74, 6) is 0.311. The summed E-state index contributed by atoms with van der Waals surface area (Å²) in [6.07, 6.45) is 1.18. The Morgan fingerprint density at radius 1 is 1.43 bits per heavy atom. The van der Waals surface area contributed by atoms with Crippen LogP contribution in [-0.2, 0) is 4.79 Å². The van der Waals surface area contributed by atoms with Crippen LogP contribution in [-0.4, -0.2) is 61.0 Å². The van der Waals surface area contributed by atoms with Crippen molar-refractivity contribution in [2.24, 2.45) is 0 Å². The zero-order valence-corrected chi connectivity index (χ0v) is 8.83. The van der Waals surface area contributed by atoms with Crippen molar-refractivity contribution in [1.82, 2.24) is 15.1 Å². The van der Waals surface area contributed by atoms with Crippen LogP contribution in [0.5, 0.6) is 0 Å².